The number of nitrogens with one attached hydrogen (secondary N) is 2. The van der Waals surface area contributed by atoms with Gasteiger partial charge < -0.3 is 20.9 Å². The van der Waals surface area contributed by atoms with Gasteiger partial charge in [-0.25, -0.2) is 14.6 Å². The smallest absolute Gasteiger partial charge is 0.255 e. The van der Waals surface area contributed by atoms with E-state index < -0.39 is 6.04 Å². The third kappa shape index (κ3) is 4.12. The van der Waals surface area contributed by atoms with Gasteiger partial charge in [-0.2, -0.15) is 5.10 Å². The van der Waals surface area contributed by atoms with E-state index in [-0.39, 0.29) is 23.8 Å². The predicted octanol–water partition coefficient (Wildman–Crippen LogP) is 2.41. The third-order valence-corrected chi connectivity index (χ3v) is 7.09. The molecule has 4 heterocycles. The topological polar surface area (TPSA) is 135 Å². The van der Waals surface area contributed by atoms with Gasteiger partial charge in [0.1, 0.15) is 11.6 Å². The van der Waals surface area contributed by atoms with Gasteiger partial charge in [-0.1, -0.05) is 11.6 Å². The van der Waals surface area contributed by atoms with E-state index in [0.717, 1.165) is 36.6 Å². The molecule has 10 nitrogen and oxygen atoms in total. The van der Waals surface area contributed by atoms with E-state index in [9.17, 15) is 9.59 Å². The lowest BCUT2D eigenvalue weighted by molar-refractivity contribution is -0.134. The molecule has 1 atom stereocenters. The predicted molar refractivity (Wildman–Crippen MR) is 131 cm³/mol. The number of aromatic nitrogens is 5. The number of hydrogen-bond acceptors (Lipinski definition) is 6. The molecule has 4 N–H and O–H groups in total. The van der Waals surface area contributed by atoms with Gasteiger partial charge in [0, 0.05) is 35.7 Å². The van der Waals surface area contributed by atoms with Crippen LogP contribution >= 0.6 is 11.6 Å². The molecular weight excluding hydrogens is 468 g/mol. The van der Waals surface area contributed by atoms with Crippen molar-refractivity contribution in [1.29, 1.82) is 0 Å². The van der Waals surface area contributed by atoms with Crippen LogP contribution in [-0.4, -0.2) is 66.6 Å². The summed E-state index contributed by atoms with van der Waals surface area (Å²) >= 11 is 6.09. The minimum atomic E-state index is -0.544. The summed E-state index contributed by atoms with van der Waals surface area (Å²) in [5.41, 5.74) is 8.06. The molecule has 0 bridgehead atoms. The second-order valence-corrected chi connectivity index (χ2v) is 9.77. The van der Waals surface area contributed by atoms with E-state index in [0.29, 0.717) is 40.7 Å². The van der Waals surface area contributed by atoms with Crippen molar-refractivity contribution in [3.05, 3.63) is 47.4 Å². The van der Waals surface area contributed by atoms with Crippen LogP contribution in [0.15, 0.2) is 36.8 Å². The highest BCUT2D eigenvalue weighted by molar-refractivity contribution is 6.31. The van der Waals surface area contributed by atoms with E-state index in [1.807, 2.05) is 17.0 Å². The van der Waals surface area contributed by atoms with Gasteiger partial charge >= 0.3 is 0 Å². The quantitative estimate of drug-likeness (QED) is 0.391. The number of likely N-dealkylation sites (tertiary alicyclic amines) is 1. The number of nitrogens with zero attached hydrogens (tertiary/aromatic N) is 5. The second kappa shape index (κ2) is 8.62. The monoisotopic (exact) mass is 492 g/mol. The first-order chi connectivity index (χ1) is 17.0. The summed E-state index contributed by atoms with van der Waals surface area (Å²) in [7, 11) is 0. The summed E-state index contributed by atoms with van der Waals surface area (Å²) in [6.07, 6.45) is 8.31. The average molecular weight is 493 g/mol. The Labute approximate surface area is 205 Å². The molecule has 4 aromatic rings. The number of nitrogens with two attached hydrogens (primary N) is 1. The van der Waals surface area contributed by atoms with Crippen molar-refractivity contribution in [2.75, 3.05) is 13.1 Å². The normalized spacial score (nSPS) is 17.7. The molecule has 2 amide bonds. The Morgan fingerprint density at radius 2 is 1.97 bits per heavy atom. The third-order valence-electron chi connectivity index (χ3n) is 6.86. The number of halogens is 1. The Morgan fingerprint density at radius 1 is 1.17 bits per heavy atom. The number of H-pyrrole nitrogens is 1. The zero-order chi connectivity index (χ0) is 24.1. The van der Waals surface area contributed by atoms with Gasteiger partial charge in [-0.3, -0.25) is 9.59 Å². The number of fused-ring (bicyclic) bond motifs is 2. The van der Waals surface area contributed by atoms with Crippen LogP contribution in [0.3, 0.4) is 0 Å². The van der Waals surface area contributed by atoms with Crippen LogP contribution in [0.4, 0.5) is 0 Å². The molecule has 1 saturated carbocycles. The van der Waals surface area contributed by atoms with Crippen molar-refractivity contribution in [1.82, 2.24) is 34.9 Å². The fourth-order valence-corrected chi connectivity index (χ4v) is 4.87. The highest BCUT2D eigenvalue weighted by atomic mass is 35.5. The highest BCUT2D eigenvalue weighted by Gasteiger charge is 2.40. The van der Waals surface area contributed by atoms with Crippen molar-refractivity contribution in [2.45, 2.75) is 37.8 Å². The maximum absolute atomic E-state index is 13.3. The van der Waals surface area contributed by atoms with Gasteiger partial charge in [0.25, 0.3) is 5.91 Å². The first-order valence-electron chi connectivity index (χ1n) is 11.8. The molecule has 1 aliphatic carbocycles. The van der Waals surface area contributed by atoms with E-state index >= 15 is 0 Å². The van der Waals surface area contributed by atoms with Crippen LogP contribution in [-0.2, 0) is 4.79 Å². The minimum absolute atomic E-state index is 0.0268. The van der Waals surface area contributed by atoms with Gasteiger partial charge in [0.05, 0.1) is 23.5 Å². The fourth-order valence-electron chi connectivity index (χ4n) is 4.69. The zero-order valence-electron chi connectivity index (χ0n) is 18.9. The molecule has 1 aliphatic heterocycles. The molecule has 35 heavy (non-hydrogen) atoms. The van der Waals surface area contributed by atoms with Gasteiger partial charge in [0.15, 0.2) is 11.5 Å². The summed E-state index contributed by atoms with van der Waals surface area (Å²) in [6.45, 7) is 1.26. The highest BCUT2D eigenvalue weighted by Crippen LogP contribution is 2.34. The molecule has 1 saturated heterocycles. The van der Waals surface area contributed by atoms with Crippen molar-refractivity contribution < 1.29 is 9.59 Å². The van der Waals surface area contributed by atoms with E-state index in [4.69, 9.17) is 17.3 Å². The standard InChI is InChI=1S/C24H25ClN8O2/c25-15-3-4-18-14(9-15)10-29-33(18)19-12-28-22-21(30-19)17(11-27-22)23(34)31-20(13-1-2-13)24(35)32-7-5-16(26)6-8-32/h3-4,9-13,16,20H,1-2,5-8,26H2,(H,27,28)(H,31,34)/t20-/m1/s1. The SMILES string of the molecule is NC1CCN(C(=O)[C@H](NC(=O)c2c[nH]c3ncc(-n4ncc5cc(Cl)ccc54)nc23)C2CC2)CC1. The molecule has 6 rings (SSSR count). The van der Waals surface area contributed by atoms with Crippen LogP contribution in [0.1, 0.15) is 36.0 Å². The van der Waals surface area contributed by atoms with Crippen molar-refractivity contribution in [3.8, 4) is 5.82 Å². The Kier molecular flexibility index (Phi) is 5.42. The van der Waals surface area contributed by atoms with Crippen molar-refractivity contribution in [2.24, 2.45) is 11.7 Å². The average Bonchev–Trinajstić information content (AvgIpc) is 3.48. The number of hydrogen-bond donors (Lipinski definition) is 3. The number of carbonyl (C=O) groups excluding carboxylic acids is 2. The molecule has 0 unspecified atom stereocenters. The maximum atomic E-state index is 13.3. The fraction of sp³-hybridized carbons (Fsp3) is 0.375. The number of amides is 2. The van der Waals surface area contributed by atoms with Gasteiger partial charge in [0.2, 0.25) is 5.91 Å². The Morgan fingerprint density at radius 3 is 2.74 bits per heavy atom. The number of benzene rings is 1. The van der Waals surface area contributed by atoms with Gasteiger partial charge in [-0.05, 0) is 49.8 Å². The van der Waals surface area contributed by atoms with Crippen LogP contribution in [0.2, 0.25) is 5.02 Å². The summed E-state index contributed by atoms with van der Waals surface area (Å²) in [4.78, 5) is 40.5. The Bertz CT molecular complexity index is 1430. The summed E-state index contributed by atoms with van der Waals surface area (Å²) in [5, 5.41) is 8.90. The first-order valence-corrected chi connectivity index (χ1v) is 12.2. The van der Waals surface area contributed by atoms with Crippen molar-refractivity contribution >= 4 is 45.5 Å². The van der Waals surface area contributed by atoms with Crippen molar-refractivity contribution in [3.63, 3.8) is 0 Å². The number of carbonyl (C=O) groups is 2. The van der Waals surface area contributed by atoms with E-state index in [2.05, 4.69) is 25.4 Å². The van der Waals surface area contributed by atoms with Crippen LogP contribution in [0, 0.1) is 5.92 Å². The molecular formula is C24H25ClN8O2. The largest absolute Gasteiger partial charge is 0.344 e. The summed E-state index contributed by atoms with van der Waals surface area (Å²) < 4.78 is 1.66. The molecule has 11 heteroatoms. The van der Waals surface area contributed by atoms with Gasteiger partial charge in [-0.15, -0.1) is 0 Å². The van der Waals surface area contributed by atoms with Crippen LogP contribution in [0.25, 0.3) is 27.9 Å². The second-order valence-electron chi connectivity index (χ2n) is 9.34. The number of piperidine rings is 1. The molecule has 1 aromatic carbocycles. The summed E-state index contributed by atoms with van der Waals surface area (Å²) in [6, 6.07) is 5.06. The lowest BCUT2D eigenvalue weighted by Crippen LogP contribution is -2.53. The summed E-state index contributed by atoms with van der Waals surface area (Å²) in [5.74, 6) is 0.263. The molecule has 180 valence electrons. The van der Waals surface area contributed by atoms with E-state index in [1.54, 1.807) is 29.3 Å². The van der Waals surface area contributed by atoms with E-state index in [1.165, 1.54) is 0 Å². The Balaban J connectivity index is 1.28. The molecule has 0 spiro atoms. The van der Waals surface area contributed by atoms with Crippen LogP contribution in [0.5, 0.6) is 0 Å². The molecule has 2 fully saturated rings. The lowest BCUT2D eigenvalue weighted by Gasteiger charge is -2.33. The number of rotatable bonds is 5. The molecule has 0 radical (unpaired) electrons. The maximum Gasteiger partial charge on any atom is 0.255 e. The lowest BCUT2D eigenvalue weighted by atomic mass is 10.0. The number of aromatic amines is 1. The first kappa shape index (κ1) is 22.0. The zero-order valence-corrected chi connectivity index (χ0v) is 19.7. The minimum Gasteiger partial charge on any atom is -0.344 e. The molecule has 3 aromatic heterocycles. The molecule has 2 aliphatic rings. The van der Waals surface area contributed by atoms with Crippen LogP contribution < -0.4 is 11.1 Å². The Hall–Kier alpha value is -3.50.